The fourth-order valence-electron chi connectivity index (χ4n) is 4.39. The molecule has 2 N–H and O–H groups in total. The van der Waals surface area contributed by atoms with Crippen molar-refractivity contribution in [1.82, 2.24) is 4.90 Å². The van der Waals surface area contributed by atoms with Crippen molar-refractivity contribution < 1.29 is 29.3 Å². The number of carbonyl (C=O) groups excluding carboxylic acids is 2. The number of amides is 1. The number of hydrogen-bond donors (Lipinski definition) is 2. The number of carbonyl (C=O) groups is 2. The van der Waals surface area contributed by atoms with Gasteiger partial charge in [-0.3, -0.25) is 9.59 Å². The van der Waals surface area contributed by atoms with E-state index in [1.807, 2.05) is 30.3 Å². The molecule has 0 aliphatic carbocycles. The molecule has 1 fully saturated rings. The van der Waals surface area contributed by atoms with Crippen LogP contribution in [-0.4, -0.2) is 46.6 Å². The molecule has 0 radical (unpaired) electrons. The van der Waals surface area contributed by atoms with Gasteiger partial charge in [-0.05, 0) is 47.9 Å². The average Bonchev–Trinajstić information content (AvgIpc) is 3.12. The highest BCUT2D eigenvalue weighted by atomic mass is 16.6. The molecule has 1 amide bonds. The number of aliphatic hydroxyl groups is 1. The van der Waals surface area contributed by atoms with Crippen molar-refractivity contribution in [2.24, 2.45) is 0 Å². The Kier molecular flexibility index (Phi) is 5.67. The van der Waals surface area contributed by atoms with Crippen LogP contribution in [0.5, 0.6) is 17.2 Å². The molecule has 0 saturated carbocycles. The van der Waals surface area contributed by atoms with Crippen LogP contribution in [0.25, 0.3) is 5.76 Å². The van der Waals surface area contributed by atoms with Crippen molar-refractivity contribution in [3.05, 3.63) is 95.1 Å². The lowest BCUT2D eigenvalue weighted by Crippen LogP contribution is -2.31. The third-order valence-electron chi connectivity index (χ3n) is 6.03. The molecule has 0 aromatic heterocycles. The average molecular weight is 457 g/mol. The van der Waals surface area contributed by atoms with Crippen molar-refractivity contribution in [2.75, 3.05) is 19.8 Å². The Bertz CT molecular complexity index is 1280. The molecular formula is C27H23NO6. The summed E-state index contributed by atoms with van der Waals surface area (Å²) in [7, 11) is 0. The maximum absolute atomic E-state index is 13.2. The van der Waals surface area contributed by atoms with Crippen LogP contribution in [0.2, 0.25) is 0 Å². The Hall–Kier alpha value is -4.26. The second-order valence-corrected chi connectivity index (χ2v) is 8.18. The number of aromatic hydroxyl groups is 1. The predicted octanol–water partition coefficient (Wildman–Crippen LogP) is 3.83. The van der Waals surface area contributed by atoms with Crippen LogP contribution in [0.1, 0.15) is 22.7 Å². The summed E-state index contributed by atoms with van der Waals surface area (Å²) in [5.74, 6) is -0.744. The standard InChI is InChI=1S/C27H23NO6/c29-20-8-4-7-18(15-20)24-23(25(30)19-9-10-21-22(16-19)34-14-13-33-21)26(31)27(32)28(24)12-11-17-5-2-1-3-6-17/h1-10,15-16,24,29-30H,11-14H2/b25-23+. The van der Waals surface area contributed by atoms with Crippen LogP contribution in [0, 0.1) is 0 Å². The van der Waals surface area contributed by atoms with Gasteiger partial charge in [0, 0.05) is 12.1 Å². The molecule has 1 saturated heterocycles. The zero-order valence-corrected chi connectivity index (χ0v) is 18.3. The maximum atomic E-state index is 13.2. The molecular weight excluding hydrogens is 434 g/mol. The summed E-state index contributed by atoms with van der Waals surface area (Å²) in [6, 6.07) is 20.1. The van der Waals surface area contributed by atoms with Crippen LogP contribution >= 0.6 is 0 Å². The fraction of sp³-hybridized carbons (Fsp3) is 0.185. The van der Waals surface area contributed by atoms with E-state index in [9.17, 15) is 19.8 Å². The Morgan fingerprint density at radius 1 is 0.912 bits per heavy atom. The van der Waals surface area contributed by atoms with Gasteiger partial charge < -0.3 is 24.6 Å². The highest BCUT2D eigenvalue weighted by Crippen LogP contribution is 2.41. The normalized spacial score (nSPS) is 18.8. The van der Waals surface area contributed by atoms with Gasteiger partial charge in [0.25, 0.3) is 11.7 Å². The summed E-state index contributed by atoms with van der Waals surface area (Å²) in [5, 5.41) is 21.3. The molecule has 34 heavy (non-hydrogen) atoms. The predicted molar refractivity (Wildman–Crippen MR) is 125 cm³/mol. The molecule has 1 atom stereocenters. The molecule has 3 aromatic carbocycles. The van der Waals surface area contributed by atoms with Crippen molar-refractivity contribution in [3.8, 4) is 17.2 Å². The number of fused-ring (bicyclic) bond motifs is 1. The largest absolute Gasteiger partial charge is 0.508 e. The fourth-order valence-corrected chi connectivity index (χ4v) is 4.39. The molecule has 2 aliphatic heterocycles. The molecule has 0 spiro atoms. The molecule has 172 valence electrons. The van der Waals surface area contributed by atoms with Crippen LogP contribution in [0.4, 0.5) is 0 Å². The number of aliphatic hydroxyl groups excluding tert-OH is 1. The van der Waals surface area contributed by atoms with E-state index in [1.54, 1.807) is 30.3 Å². The molecule has 0 bridgehead atoms. The van der Waals surface area contributed by atoms with Gasteiger partial charge in [-0.1, -0.05) is 42.5 Å². The lowest BCUT2D eigenvalue weighted by molar-refractivity contribution is -0.139. The highest BCUT2D eigenvalue weighted by Gasteiger charge is 2.46. The first-order chi connectivity index (χ1) is 16.5. The van der Waals surface area contributed by atoms with Crippen LogP contribution < -0.4 is 9.47 Å². The van der Waals surface area contributed by atoms with Gasteiger partial charge in [-0.2, -0.15) is 0 Å². The van der Waals surface area contributed by atoms with Gasteiger partial charge in [0.2, 0.25) is 0 Å². The van der Waals surface area contributed by atoms with E-state index in [0.717, 1.165) is 5.56 Å². The lowest BCUT2D eigenvalue weighted by Gasteiger charge is -2.25. The summed E-state index contributed by atoms with van der Waals surface area (Å²) in [6.45, 7) is 1.08. The smallest absolute Gasteiger partial charge is 0.295 e. The number of ether oxygens (including phenoxy) is 2. The number of rotatable bonds is 5. The quantitative estimate of drug-likeness (QED) is 0.344. The monoisotopic (exact) mass is 457 g/mol. The lowest BCUT2D eigenvalue weighted by atomic mass is 9.95. The van der Waals surface area contributed by atoms with E-state index in [-0.39, 0.29) is 23.6 Å². The Balaban J connectivity index is 1.58. The maximum Gasteiger partial charge on any atom is 0.295 e. The number of benzene rings is 3. The van der Waals surface area contributed by atoms with E-state index in [1.165, 1.54) is 17.0 Å². The topological polar surface area (TPSA) is 96.3 Å². The highest BCUT2D eigenvalue weighted by molar-refractivity contribution is 6.46. The van der Waals surface area contributed by atoms with E-state index >= 15 is 0 Å². The number of hydrogen-bond acceptors (Lipinski definition) is 6. The van der Waals surface area contributed by atoms with Gasteiger partial charge in [0.05, 0.1) is 11.6 Å². The molecule has 7 nitrogen and oxygen atoms in total. The van der Waals surface area contributed by atoms with Crippen LogP contribution in [0.15, 0.2) is 78.4 Å². The van der Waals surface area contributed by atoms with E-state index in [4.69, 9.17) is 9.47 Å². The number of phenolic OH excluding ortho intramolecular Hbond substituents is 1. The second-order valence-electron chi connectivity index (χ2n) is 8.18. The van der Waals surface area contributed by atoms with E-state index < -0.39 is 17.7 Å². The summed E-state index contributed by atoms with van der Waals surface area (Å²) < 4.78 is 11.1. The summed E-state index contributed by atoms with van der Waals surface area (Å²) >= 11 is 0. The minimum Gasteiger partial charge on any atom is -0.508 e. The molecule has 2 aliphatic rings. The van der Waals surface area contributed by atoms with E-state index in [2.05, 4.69) is 0 Å². The Labute approximate surface area is 196 Å². The number of nitrogens with zero attached hydrogens (tertiary/aromatic N) is 1. The SMILES string of the molecule is O=C1C(=O)N(CCc2ccccc2)C(c2cccc(O)c2)/C1=C(\O)c1ccc2c(c1)OCCO2. The van der Waals surface area contributed by atoms with Crippen molar-refractivity contribution in [2.45, 2.75) is 12.5 Å². The van der Waals surface area contributed by atoms with Crippen molar-refractivity contribution in [1.29, 1.82) is 0 Å². The second kappa shape index (κ2) is 8.94. The van der Waals surface area contributed by atoms with Crippen molar-refractivity contribution >= 4 is 17.4 Å². The molecule has 7 heteroatoms. The number of phenols is 1. The van der Waals surface area contributed by atoms with Gasteiger partial charge in [0.15, 0.2) is 11.5 Å². The van der Waals surface area contributed by atoms with Crippen LogP contribution in [0.3, 0.4) is 0 Å². The third kappa shape index (κ3) is 3.96. The zero-order chi connectivity index (χ0) is 23.7. The molecule has 5 rings (SSSR count). The Morgan fingerprint density at radius 3 is 2.44 bits per heavy atom. The van der Waals surface area contributed by atoms with Crippen LogP contribution in [-0.2, 0) is 16.0 Å². The van der Waals surface area contributed by atoms with Gasteiger partial charge >= 0.3 is 0 Å². The van der Waals surface area contributed by atoms with Gasteiger partial charge in [0.1, 0.15) is 24.7 Å². The number of ketones is 1. The van der Waals surface area contributed by atoms with Gasteiger partial charge in [-0.25, -0.2) is 0 Å². The minimum atomic E-state index is -0.844. The summed E-state index contributed by atoms with van der Waals surface area (Å²) in [6.07, 6.45) is 0.535. The van der Waals surface area contributed by atoms with E-state index in [0.29, 0.717) is 42.3 Å². The molecule has 1 unspecified atom stereocenters. The van der Waals surface area contributed by atoms with Crippen molar-refractivity contribution in [3.63, 3.8) is 0 Å². The van der Waals surface area contributed by atoms with Gasteiger partial charge in [-0.15, -0.1) is 0 Å². The zero-order valence-electron chi connectivity index (χ0n) is 18.3. The summed E-state index contributed by atoms with van der Waals surface area (Å²) in [4.78, 5) is 27.7. The first-order valence-corrected chi connectivity index (χ1v) is 11.0. The summed E-state index contributed by atoms with van der Waals surface area (Å²) in [5.41, 5.74) is 1.87. The molecule has 3 aromatic rings. The Morgan fingerprint density at radius 2 is 1.68 bits per heavy atom. The third-order valence-corrected chi connectivity index (χ3v) is 6.03. The minimum absolute atomic E-state index is 0.00507. The number of Topliss-reactive ketones (excluding diaryl/α,β-unsaturated/α-hetero) is 1. The first kappa shape index (κ1) is 21.6. The first-order valence-electron chi connectivity index (χ1n) is 11.0. The number of likely N-dealkylation sites (tertiary alicyclic amines) is 1. The molecule has 2 heterocycles.